The van der Waals surface area contributed by atoms with E-state index in [9.17, 15) is 9.50 Å². The van der Waals surface area contributed by atoms with Crippen LogP contribution in [0.1, 0.15) is 22.3 Å². The molecule has 2 N–H and O–H groups in total. The van der Waals surface area contributed by atoms with E-state index in [1.54, 1.807) is 6.07 Å². The highest BCUT2D eigenvalue weighted by Gasteiger charge is 2.18. The van der Waals surface area contributed by atoms with Gasteiger partial charge in [-0.05, 0) is 52.9 Å². The number of hydrogen-bond acceptors (Lipinski definition) is 4. The minimum atomic E-state index is -0.530. The number of ether oxygens (including phenoxy) is 1. The summed E-state index contributed by atoms with van der Waals surface area (Å²) in [5, 5.41) is 13.7. The number of rotatable bonds is 9. The number of nitrogens with zero attached hydrogens (tertiary/aromatic N) is 1. The van der Waals surface area contributed by atoms with Gasteiger partial charge in [-0.1, -0.05) is 48.5 Å². The summed E-state index contributed by atoms with van der Waals surface area (Å²) in [7, 11) is 0. The summed E-state index contributed by atoms with van der Waals surface area (Å²) in [4.78, 5) is 2.28. The van der Waals surface area contributed by atoms with Gasteiger partial charge in [0.15, 0.2) is 0 Å². The van der Waals surface area contributed by atoms with Gasteiger partial charge in [0.25, 0.3) is 0 Å². The Kier molecular flexibility index (Phi) is 7.30. The van der Waals surface area contributed by atoms with Gasteiger partial charge in [-0.15, -0.1) is 0 Å². The summed E-state index contributed by atoms with van der Waals surface area (Å²) in [5.74, 6) is 0.532. The Balaban J connectivity index is 1.18. The van der Waals surface area contributed by atoms with Gasteiger partial charge in [-0.25, -0.2) is 4.39 Å². The second kappa shape index (κ2) is 10.5. The lowest BCUT2D eigenvalue weighted by Gasteiger charge is -2.30. The summed E-state index contributed by atoms with van der Waals surface area (Å²) in [6, 6.07) is 23.0. The highest BCUT2D eigenvalue weighted by atomic mass is 19.1. The lowest BCUT2D eigenvalue weighted by molar-refractivity contribution is 0.0638. The molecule has 5 heteroatoms. The Labute approximate surface area is 183 Å². The van der Waals surface area contributed by atoms with Crippen LogP contribution in [-0.2, 0) is 26.1 Å². The Morgan fingerprint density at radius 2 is 1.71 bits per heavy atom. The van der Waals surface area contributed by atoms with E-state index in [0.29, 0.717) is 19.6 Å². The average Bonchev–Trinajstić information content (AvgIpc) is 2.78. The van der Waals surface area contributed by atoms with Crippen molar-refractivity contribution in [3.63, 3.8) is 0 Å². The molecule has 3 aromatic rings. The molecule has 1 unspecified atom stereocenters. The normalized spacial score (nSPS) is 14.8. The first-order valence-electron chi connectivity index (χ1n) is 10.8. The van der Waals surface area contributed by atoms with Crippen LogP contribution in [-0.4, -0.2) is 35.8 Å². The first-order chi connectivity index (χ1) is 15.2. The minimum Gasteiger partial charge on any atom is -0.491 e. The van der Waals surface area contributed by atoms with Gasteiger partial charge in [-0.2, -0.15) is 0 Å². The number of hydrogen-bond donors (Lipinski definition) is 2. The van der Waals surface area contributed by atoms with E-state index >= 15 is 0 Å². The molecule has 0 fully saturated rings. The number of nitrogens with one attached hydrogen (secondary N) is 1. The Morgan fingerprint density at radius 3 is 2.52 bits per heavy atom. The molecule has 0 saturated heterocycles. The number of β-amino-alcohol motifs (C(OH)–C–C–N with tert-alkyl or cyclic N) is 1. The van der Waals surface area contributed by atoms with E-state index < -0.39 is 6.10 Å². The maximum absolute atomic E-state index is 13.2. The predicted octanol–water partition coefficient (Wildman–Crippen LogP) is 3.91. The van der Waals surface area contributed by atoms with E-state index in [1.807, 2.05) is 30.3 Å². The van der Waals surface area contributed by atoms with Gasteiger partial charge < -0.3 is 15.2 Å². The van der Waals surface area contributed by atoms with Crippen LogP contribution in [0.4, 0.5) is 4.39 Å². The molecule has 0 aromatic heterocycles. The van der Waals surface area contributed by atoms with Gasteiger partial charge >= 0.3 is 0 Å². The third-order valence-electron chi connectivity index (χ3n) is 5.59. The molecular formula is C26H29FN2O2. The van der Waals surface area contributed by atoms with Crippen LogP contribution in [0.5, 0.6) is 5.75 Å². The third-order valence-corrected chi connectivity index (χ3v) is 5.59. The minimum absolute atomic E-state index is 0.215. The first kappa shape index (κ1) is 21.5. The van der Waals surface area contributed by atoms with Crippen molar-refractivity contribution in [1.29, 1.82) is 0 Å². The van der Waals surface area contributed by atoms with Crippen LogP contribution < -0.4 is 10.1 Å². The molecule has 0 radical (unpaired) electrons. The lowest BCUT2D eigenvalue weighted by Crippen LogP contribution is -2.38. The summed E-state index contributed by atoms with van der Waals surface area (Å²) in [5.41, 5.74) is 4.81. The highest BCUT2D eigenvalue weighted by molar-refractivity contribution is 5.29. The van der Waals surface area contributed by atoms with Crippen molar-refractivity contribution in [1.82, 2.24) is 10.2 Å². The van der Waals surface area contributed by atoms with Crippen LogP contribution >= 0.6 is 0 Å². The number of fused-ring (bicyclic) bond motifs is 1. The van der Waals surface area contributed by atoms with E-state index in [4.69, 9.17) is 4.74 Å². The van der Waals surface area contributed by atoms with Crippen LogP contribution in [0.3, 0.4) is 0 Å². The zero-order valence-corrected chi connectivity index (χ0v) is 17.6. The zero-order valence-electron chi connectivity index (χ0n) is 17.6. The van der Waals surface area contributed by atoms with Crippen molar-refractivity contribution in [2.45, 2.75) is 32.2 Å². The summed E-state index contributed by atoms with van der Waals surface area (Å²) < 4.78 is 19.0. The second-order valence-electron chi connectivity index (χ2n) is 8.10. The molecule has 4 rings (SSSR count). The Hall–Kier alpha value is -2.73. The van der Waals surface area contributed by atoms with Crippen LogP contribution in [0.2, 0.25) is 0 Å². The first-order valence-corrected chi connectivity index (χ1v) is 10.8. The summed E-state index contributed by atoms with van der Waals surface area (Å²) >= 11 is 0. The summed E-state index contributed by atoms with van der Waals surface area (Å²) in [6.45, 7) is 4.03. The lowest BCUT2D eigenvalue weighted by atomic mass is 10.00. The molecular weight excluding hydrogens is 391 g/mol. The van der Waals surface area contributed by atoms with Crippen molar-refractivity contribution in [3.8, 4) is 5.75 Å². The fraction of sp³-hybridized carbons (Fsp3) is 0.308. The molecule has 1 aliphatic heterocycles. The van der Waals surface area contributed by atoms with Gasteiger partial charge in [0, 0.05) is 32.7 Å². The molecule has 0 saturated carbocycles. The maximum Gasteiger partial charge on any atom is 0.123 e. The molecule has 0 spiro atoms. The quantitative estimate of drug-likeness (QED) is 0.551. The molecule has 0 bridgehead atoms. The molecule has 162 valence electrons. The Morgan fingerprint density at radius 1 is 0.935 bits per heavy atom. The van der Waals surface area contributed by atoms with E-state index in [2.05, 4.69) is 34.5 Å². The fourth-order valence-electron chi connectivity index (χ4n) is 3.95. The van der Waals surface area contributed by atoms with E-state index in [-0.39, 0.29) is 12.4 Å². The number of aliphatic hydroxyl groups excluding tert-OH is 1. The van der Waals surface area contributed by atoms with Crippen molar-refractivity contribution >= 4 is 0 Å². The van der Waals surface area contributed by atoms with Gasteiger partial charge in [-0.3, -0.25) is 4.90 Å². The topological polar surface area (TPSA) is 44.7 Å². The Bertz CT molecular complexity index is 977. The summed E-state index contributed by atoms with van der Waals surface area (Å²) in [6.07, 6.45) is 0.497. The molecule has 0 amide bonds. The number of benzene rings is 3. The number of halogens is 1. The average molecular weight is 421 g/mol. The maximum atomic E-state index is 13.2. The van der Waals surface area contributed by atoms with Crippen molar-refractivity contribution in [2.24, 2.45) is 0 Å². The van der Waals surface area contributed by atoms with Crippen molar-refractivity contribution in [2.75, 3.05) is 19.7 Å². The van der Waals surface area contributed by atoms with Crippen LogP contribution in [0.25, 0.3) is 0 Å². The monoisotopic (exact) mass is 420 g/mol. The smallest absolute Gasteiger partial charge is 0.123 e. The SMILES string of the molecule is OC(COc1ccc(CNCc2cccc(F)c2)cc1)CN1CCc2ccccc2C1. The number of aliphatic hydroxyl groups is 1. The molecule has 4 nitrogen and oxygen atoms in total. The molecule has 3 aromatic carbocycles. The molecule has 1 atom stereocenters. The van der Waals surface area contributed by atoms with E-state index in [0.717, 1.165) is 36.4 Å². The largest absolute Gasteiger partial charge is 0.491 e. The third kappa shape index (κ3) is 6.37. The highest BCUT2D eigenvalue weighted by Crippen LogP contribution is 2.19. The fourth-order valence-corrected chi connectivity index (χ4v) is 3.95. The van der Waals surface area contributed by atoms with Crippen LogP contribution in [0.15, 0.2) is 72.8 Å². The standard InChI is InChI=1S/C26H29FN2O2/c27-24-7-3-4-21(14-24)16-28-15-20-8-10-26(11-9-20)31-19-25(30)18-29-13-12-22-5-1-2-6-23(22)17-29/h1-11,14,25,28,30H,12-13,15-19H2. The van der Waals surface area contributed by atoms with Crippen molar-refractivity contribution < 1.29 is 14.2 Å². The molecule has 1 aliphatic rings. The predicted molar refractivity (Wildman–Crippen MR) is 120 cm³/mol. The van der Waals surface area contributed by atoms with Crippen LogP contribution in [0, 0.1) is 5.82 Å². The van der Waals surface area contributed by atoms with Crippen molar-refractivity contribution in [3.05, 3.63) is 101 Å². The molecule has 0 aliphatic carbocycles. The molecule has 31 heavy (non-hydrogen) atoms. The van der Waals surface area contributed by atoms with E-state index in [1.165, 1.54) is 23.3 Å². The van der Waals surface area contributed by atoms with Gasteiger partial charge in [0.05, 0.1) is 0 Å². The van der Waals surface area contributed by atoms with Gasteiger partial charge in [0.2, 0.25) is 0 Å². The molecule has 1 heterocycles. The zero-order chi connectivity index (χ0) is 21.5. The van der Waals surface area contributed by atoms with Gasteiger partial charge in [0.1, 0.15) is 24.3 Å². The second-order valence-corrected chi connectivity index (χ2v) is 8.10.